The Bertz CT molecular complexity index is 1310. The monoisotopic (exact) mass is 490 g/mol. The smallest absolute Gasteiger partial charge is 0.394 e. The normalized spacial score (nSPS) is 17.9. The third kappa shape index (κ3) is 4.09. The quantitative estimate of drug-likeness (QED) is 0.438. The van der Waals surface area contributed by atoms with Gasteiger partial charge >= 0.3 is 12.2 Å². The number of hydrogen-bond donors (Lipinski definition) is 4. The van der Waals surface area contributed by atoms with Crippen molar-refractivity contribution in [2.75, 3.05) is 34.8 Å². The minimum atomic E-state index is -4.82. The zero-order chi connectivity index (χ0) is 24.9. The highest BCUT2D eigenvalue weighted by molar-refractivity contribution is 6.08. The van der Waals surface area contributed by atoms with Gasteiger partial charge in [0, 0.05) is 18.8 Å². The zero-order valence-corrected chi connectivity index (χ0v) is 18.4. The van der Waals surface area contributed by atoms with Crippen LogP contribution in [0.25, 0.3) is 11.0 Å². The molecule has 2 atom stereocenters. The molecule has 5 rings (SSSR count). The molecule has 4 N–H and O–H groups in total. The molecule has 14 heteroatoms. The van der Waals surface area contributed by atoms with Gasteiger partial charge in [-0.15, -0.1) is 0 Å². The van der Waals surface area contributed by atoms with Crippen LogP contribution in [0.4, 0.5) is 35.3 Å². The highest BCUT2D eigenvalue weighted by atomic mass is 19.4. The van der Waals surface area contributed by atoms with Gasteiger partial charge in [-0.1, -0.05) is 0 Å². The second-order valence-corrected chi connectivity index (χ2v) is 8.40. The number of urea groups is 1. The molecule has 3 aromatic rings. The van der Waals surface area contributed by atoms with Crippen LogP contribution in [0.5, 0.6) is 0 Å². The number of halogens is 3. The van der Waals surface area contributed by atoms with Gasteiger partial charge in [0.1, 0.15) is 11.7 Å². The van der Waals surface area contributed by atoms with Crippen molar-refractivity contribution in [1.29, 1.82) is 0 Å². The first-order valence-electron chi connectivity index (χ1n) is 10.8. The van der Waals surface area contributed by atoms with E-state index < -0.39 is 30.8 Å². The van der Waals surface area contributed by atoms with Crippen LogP contribution < -0.4 is 20.4 Å². The Balaban J connectivity index is 1.45. The summed E-state index contributed by atoms with van der Waals surface area (Å²) in [5, 5.41) is 21.0. The first-order chi connectivity index (χ1) is 16.7. The van der Waals surface area contributed by atoms with E-state index in [2.05, 4.69) is 25.5 Å². The Kier molecular flexibility index (Phi) is 5.46. The minimum Gasteiger partial charge on any atom is -0.394 e. The summed E-state index contributed by atoms with van der Waals surface area (Å²) in [4.78, 5) is 37.8. The number of aliphatic hydroxyl groups is 1. The van der Waals surface area contributed by atoms with Crippen LogP contribution >= 0.6 is 0 Å². The average molecular weight is 490 g/mol. The molecule has 0 aliphatic carbocycles. The van der Waals surface area contributed by atoms with E-state index in [1.54, 1.807) is 23.5 Å². The van der Waals surface area contributed by atoms with Crippen LogP contribution in [-0.2, 0) is 0 Å². The van der Waals surface area contributed by atoms with Gasteiger partial charge in [0.05, 0.1) is 23.7 Å². The van der Waals surface area contributed by atoms with Crippen molar-refractivity contribution in [3.8, 4) is 0 Å². The van der Waals surface area contributed by atoms with Crippen molar-refractivity contribution < 1.29 is 27.9 Å². The van der Waals surface area contributed by atoms with E-state index in [1.165, 1.54) is 11.0 Å². The Morgan fingerprint density at radius 3 is 2.80 bits per heavy atom. The van der Waals surface area contributed by atoms with E-state index >= 15 is 0 Å². The summed E-state index contributed by atoms with van der Waals surface area (Å²) in [7, 11) is 0. The number of amides is 3. The SMILES string of the molecule is Cc1ccc2c(NC(=O)N3c4nc(C(=O)N[C@H](CO)C(F)(F)F)ccc4N4CC[C@H]3C4)n[nH]c2n1. The summed E-state index contributed by atoms with van der Waals surface area (Å²) in [6, 6.07) is 3.18. The molecular weight excluding hydrogens is 469 g/mol. The third-order valence-electron chi connectivity index (χ3n) is 6.07. The van der Waals surface area contributed by atoms with Gasteiger partial charge in [-0.2, -0.15) is 18.3 Å². The van der Waals surface area contributed by atoms with Crippen LogP contribution in [0.15, 0.2) is 24.3 Å². The van der Waals surface area contributed by atoms with Gasteiger partial charge in [0.25, 0.3) is 5.91 Å². The van der Waals surface area contributed by atoms with Crippen LogP contribution in [0.1, 0.15) is 22.6 Å². The molecule has 0 aromatic carbocycles. The fraction of sp³-hybridized carbons (Fsp3) is 0.381. The maximum Gasteiger partial charge on any atom is 0.410 e. The predicted octanol–water partition coefficient (Wildman–Crippen LogP) is 1.95. The minimum absolute atomic E-state index is 0.158. The first kappa shape index (κ1) is 22.8. The summed E-state index contributed by atoms with van der Waals surface area (Å²) in [5.41, 5.74) is 1.56. The molecule has 0 spiro atoms. The third-order valence-corrected chi connectivity index (χ3v) is 6.07. The van der Waals surface area contributed by atoms with E-state index in [0.29, 0.717) is 36.2 Å². The lowest BCUT2D eigenvalue weighted by molar-refractivity contribution is -0.161. The molecule has 5 heterocycles. The molecule has 0 saturated carbocycles. The Labute approximate surface area is 196 Å². The Morgan fingerprint density at radius 2 is 2.06 bits per heavy atom. The van der Waals surface area contributed by atoms with E-state index in [1.807, 2.05) is 11.8 Å². The molecule has 3 aromatic heterocycles. The maximum atomic E-state index is 13.4. The molecule has 184 valence electrons. The number of carbonyl (C=O) groups is 2. The molecule has 0 radical (unpaired) electrons. The highest BCUT2D eigenvalue weighted by Gasteiger charge is 2.42. The molecule has 2 aliphatic rings. The van der Waals surface area contributed by atoms with Crippen LogP contribution in [0, 0.1) is 6.92 Å². The summed E-state index contributed by atoms with van der Waals surface area (Å²) in [5.74, 6) is -0.688. The number of aliphatic hydroxyl groups excluding tert-OH is 1. The van der Waals surface area contributed by atoms with Crippen molar-refractivity contribution >= 4 is 40.3 Å². The number of anilines is 3. The number of fused-ring (bicyclic) bond motifs is 5. The average Bonchev–Trinajstić information content (AvgIpc) is 3.40. The largest absolute Gasteiger partial charge is 0.410 e. The van der Waals surface area contributed by atoms with Gasteiger partial charge < -0.3 is 15.3 Å². The summed E-state index contributed by atoms with van der Waals surface area (Å²) < 4.78 is 39.0. The Hall–Kier alpha value is -3.94. The predicted molar refractivity (Wildman–Crippen MR) is 119 cm³/mol. The summed E-state index contributed by atoms with van der Waals surface area (Å²) in [6.45, 7) is 1.72. The van der Waals surface area contributed by atoms with Crippen LogP contribution in [0.2, 0.25) is 0 Å². The van der Waals surface area contributed by atoms with E-state index in [-0.39, 0.29) is 23.4 Å². The molecule has 35 heavy (non-hydrogen) atoms. The molecule has 11 nitrogen and oxygen atoms in total. The van der Waals surface area contributed by atoms with Gasteiger partial charge in [0.15, 0.2) is 17.3 Å². The van der Waals surface area contributed by atoms with Gasteiger partial charge in [-0.3, -0.25) is 20.1 Å². The fourth-order valence-corrected chi connectivity index (χ4v) is 4.32. The number of H-pyrrole nitrogens is 1. The number of aryl methyl sites for hydroxylation is 1. The number of hydrogen-bond acceptors (Lipinski definition) is 7. The van der Waals surface area contributed by atoms with E-state index in [4.69, 9.17) is 5.11 Å². The summed E-state index contributed by atoms with van der Waals surface area (Å²) in [6.07, 6.45) is -4.18. The van der Waals surface area contributed by atoms with Crippen molar-refractivity contribution in [2.24, 2.45) is 0 Å². The second kappa shape index (κ2) is 8.37. The number of pyridine rings is 2. The topological polar surface area (TPSA) is 139 Å². The van der Waals surface area contributed by atoms with Crippen LogP contribution in [-0.4, -0.2) is 75.2 Å². The van der Waals surface area contributed by atoms with E-state index in [0.717, 1.165) is 5.69 Å². The Morgan fingerprint density at radius 1 is 1.26 bits per heavy atom. The van der Waals surface area contributed by atoms with Crippen LogP contribution in [0.3, 0.4) is 0 Å². The van der Waals surface area contributed by atoms with E-state index in [9.17, 15) is 22.8 Å². The van der Waals surface area contributed by atoms with Crippen molar-refractivity contribution in [2.45, 2.75) is 31.6 Å². The molecule has 3 amide bonds. The number of nitrogens with zero attached hydrogens (tertiary/aromatic N) is 5. The molecule has 2 aliphatic heterocycles. The van der Waals surface area contributed by atoms with Gasteiger partial charge in [-0.05, 0) is 37.6 Å². The molecule has 2 bridgehead atoms. The maximum absolute atomic E-state index is 13.4. The van der Waals surface area contributed by atoms with Crippen molar-refractivity contribution in [3.63, 3.8) is 0 Å². The molecule has 1 fully saturated rings. The number of aromatic amines is 1. The van der Waals surface area contributed by atoms with Gasteiger partial charge in [-0.25, -0.2) is 14.8 Å². The number of carbonyl (C=O) groups excluding carboxylic acids is 2. The lowest BCUT2D eigenvalue weighted by Crippen LogP contribution is -2.49. The van der Waals surface area contributed by atoms with Crippen molar-refractivity contribution in [3.05, 3.63) is 35.7 Å². The second-order valence-electron chi connectivity index (χ2n) is 8.40. The molecular formula is C21H21F3N8O3. The number of rotatable bonds is 4. The van der Waals surface area contributed by atoms with Gasteiger partial charge in [0.2, 0.25) is 0 Å². The standard InChI is InChI=1S/C21H21F3N8O3/c1-10-2-3-12-16(25-10)29-30-17(12)28-20(35)32-11-6-7-31(8-11)14-5-4-13(26-18(14)32)19(34)27-15(9-33)21(22,23)24/h2-5,11,15,33H,6-9H2,1H3,(H,27,34)(H2,25,28,29,30,35)/t11-,15+/m0/s1. The lowest BCUT2D eigenvalue weighted by Gasteiger charge is -2.35. The molecule has 0 unspecified atom stereocenters. The lowest BCUT2D eigenvalue weighted by atomic mass is 10.1. The highest BCUT2D eigenvalue weighted by Crippen LogP contribution is 2.39. The zero-order valence-electron chi connectivity index (χ0n) is 18.4. The first-order valence-corrected chi connectivity index (χ1v) is 10.8. The molecule has 1 saturated heterocycles. The summed E-state index contributed by atoms with van der Waals surface area (Å²) >= 11 is 0. The number of nitrogens with one attached hydrogen (secondary N) is 3. The number of alkyl halides is 3. The van der Waals surface area contributed by atoms with Crippen molar-refractivity contribution in [1.82, 2.24) is 25.5 Å². The number of aromatic nitrogens is 4. The fourth-order valence-electron chi connectivity index (χ4n) is 4.32.